The van der Waals surface area contributed by atoms with E-state index in [1.165, 1.54) is 33.1 Å². The number of unbranched alkanes of at least 4 members (excludes halogenated alkanes) is 8. The van der Waals surface area contributed by atoms with E-state index in [0.29, 0.717) is 12.2 Å². The third-order valence-electron chi connectivity index (χ3n) is 10.1. The second kappa shape index (κ2) is 28.6. The number of hydrogen-bond donors (Lipinski definition) is 9. The molecule has 10 N–H and O–H groups in total. The lowest BCUT2D eigenvalue weighted by Gasteiger charge is -2.30. The van der Waals surface area contributed by atoms with Crippen LogP contribution in [0, 0.1) is 5.41 Å². The Morgan fingerprint density at radius 3 is 2.25 bits per heavy atom. The summed E-state index contributed by atoms with van der Waals surface area (Å²) in [5.41, 5.74) is 4.28. The van der Waals surface area contributed by atoms with Crippen molar-refractivity contribution < 1.29 is 80.5 Å². The van der Waals surface area contributed by atoms with Crippen molar-refractivity contribution in [2.45, 2.75) is 135 Å². The lowest BCUT2D eigenvalue weighted by molar-refractivity contribution is -0.137. The number of hydrogen-bond acceptors (Lipinski definition) is 18. The van der Waals surface area contributed by atoms with Crippen LogP contribution in [0.15, 0.2) is 37.0 Å². The molecule has 1 aliphatic rings. The van der Waals surface area contributed by atoms with Gasteiger partial charge in [-0.3, -0.25) is 32.5 Å². The molecule has 0 spiro atoms. The summed E-state index contributed by atoms with van der Waals surface area (Å²) in [5, 5.41) is 26.6. The predicted octanol–water partition coefficient (Wildman–Crippen LogP) is 4.48. The Bertz CT molecular complexity index is 2090. The Hall–Kier alpha value is -2.96. The zero-order chi connectivity index (χ0) is 49.7. The Kier molecular flexibility index (Phi) is 24.9. The van der Waals surface area contributed by atoms with Crippen LogP contribution in [-0.4, -0.2) is 123 Å². The number of nitrogen functional groups attached to an aromatic ring is 1. The minimum Gasteiger partial charge on any atom is -0.386 e. The molecule has 7 atom stereocenters. The van der Waals surface area contributed by atoms with E-state index >= 15 is 0 Å². The largest absolute Gasteiger partial charge is 0.481 e. The van der Waals surface area contributed by atoms with Gasteiger partial charge >= 0.3 is 23.5 Å². The van der Waals surface area contributed by atoms with Gasteiger partial charge in [0.1, 0.15) is 36.3 Å². The minimum atomic E-state index is -5.58. The molecule has 24 nitrogen and oxygen atoms in total. The third-order valence-corrected chi connectivity index (χ3v) is 14.1. The number of aliphatic hydroxyl groups excluding tert-OH is 2. The average Bonchev–Trinajstić information content (AvgIpc) is 3.81. The highest BCUT2D eigenvalue weighted by atomic mass is 32.2. The first-order valence-corrected chi connectivity index (χ1v) is 27.4. The van der Waals surface area contributed by atoms with Crippen molar-refractivity contribution in [3.8, 4) is 0 Å². The molecule has 0 aliphatic carbocycles. The van der Waals surface area contributed by atoms with Crippen LogP contribution in [0.3, 0.4) is 0 Å². The summed E-state index contributed by atoms with van der Waals surface area (Å²) in [6, 6.07) is 0. The van der Waals surface area contributed by atoms with Gasteiger partial charge in [0.05, 0.1) is 19.5 Å². The van der Waals surface area contributed by atoms with Gasteiger partial charge in [0, 0.05) is 37.1 Å². The fraction of sp³-hybridized carbons (Fsp3) is 0.692. The lowest BCUT2D eigenvalue weighted by Crippen LogP contribution is -2.46. The van der Waals surface area contributed by atoms with Crippen LogP contribution in [0.1, 0.15) is 110 Å². The molecule has 67 heavy (non-hydrogen) atoms. The number of anilines is 1. The van der Waals surface area contributed by atoms with E-state index in [2.05, 4.69) is 65.6 Å². The zero-order valence-corrected chi connectivity index (χ0v) is 41.4. The van der Waals surface area contributed by atoms with E-state index in [-0.39, 0.29) is 41.6 Å². The summed E-state index contributed by atoms with van der Waals surface area (Å²) in [7, 11) is -16.4. The summed E-state index contributed by atoms with van der Waals surface area (Å²) in [6.07, 6.45) is 14.6. The topological polar surface area (TPSA) is 364 Å². The first-order chi connectivity index (χ1) is 31.6. The number of nitrogens with one attached hydrogen (secondary N) is 2. The van der Waals surface area contributed by atoms with Crippen LogP contribution >= 0.6 is 35.2 Å². The molecule has 2 aromatic rings. The van der Waals surface area contributed by atoms with E-state index < -0.39 is 84.6 Å². The highest BCUT2D eigenvalue weighted by Gasteiger charge is 2.50. The van der Waals surface area contributed by atoms with Gasteiger partial charge in [-0.2, -0.15) is 4.31 Å². The number of nitrogens with two attached hydrogens (primary N) is 1. The molecule has 3 heterocycles. The fourth-order valence-corrected chi connectivity index (χ4v) is 10.00. The standard InChI is InChI=1S/C39H66N7O17P3S/c1-4-5-6-7-8-9-10-11-12-13-14-15-16-17-18-19-30(48)67-23-22-41-29(47)20-21-42-37(51)34(50)39(2,3)25-60-66(57,58)63-65(55,56)59-24-28-33(62-64(52,53)54)32(49)38(61-28)46-27-45-31-35(40)43-26-44-36(31)46/h8-9,11-12,26-28,32-34,38,49-50H,4-7,10,13-25H2,1-3H3,(H,41,47)(H,42,51)(H,55,56)(H,57,58)(H2,40,43,44)(H2,52,53,54)/b9-8-,12-11-/t28-,32-,33-,34+,38-/m1/s1. The summed E-state index contributed by atoms with van der Waals surface area (Å²) < 4.78 is 62.4. The lowest BCUT2D eigenvalue weighted by atomic mass is 9.87. The number of thioether (sulfide) groups is 1. The first kappa shape index (κ1) is 58.4. The first-order valence-electron chi connectivity index (χ1n) is 21.9. The zero-order valence-electron chi connectivity index (χ0n) is 37.9. The maximum Gasteiger partial charge on any atom is 0.481 e. The van der Waals surface area contributed by atoms with Crippen molar-refractivity contribution in [2.24, 2.45) is 5.41 Å². The molecule has 0 saturated carbocycles. The van der Waals surface area contributed by atoms with Crippen molar-refractivity contribution in [3.05, 3.63) is 37.0 Å². The van der Waals surface area contributed by atoms with Crippen molar-refractivity contribution in [3.63, 3.8) is 0 Å². The monoisotopic (exact) mass is 1030 g/mol. The number of ether oxygens (including phenoxy) is 1. The van der Waals surface area contributed by atoms with Gasteiger partial charge in [-0.05, 0) is 38.5 Å². The normalized spacial score (nSPS) is 20.3. The van der Waals surface area contributed by atoms with E-state index in [0.717, 1.165) is 80.4 Å². The number of aromatic nitrogens is 4. The van der Waals surface area contributed by atoms with E-state index in [1.54, 1.807) is 0 Å². The van der Waals surface area contributed by atoms with Crippen molar-refractivity contribution in [1.29, 1.82) is 0 Å². The number of allylic oxidation sites excluding steroid dienone is 4. The van der Waals surface area contributed by atoms with Gasteiger partial charge in [0.15, 0.2) is 22.8 Å². The summed E-state index contributed by atoms with van der Waals surface area (Å²) in [4.78, 5) is 88.3. The van der Waals surface area contributed by atoms with Crippen molar-refractivity contribution in [2.75, 3.05) is 37.8 Å². The summed E-state index contributed by atoms with van der Waals surface area (Å²) in [6.45, 7) is 2.76. The van der Waals surface area contributed by atoms with Crippen LogP contribution in [0.2, 0.25) is 0 Å². The van der Waals surface area contributed by atoms with Crippen LogP contribution in [-0.2, 0) is 50.7 Å². The van der Waals surface area contributed by atoms with Crippen LogP contribution in [0.25, 0.3) is 11.2 Å². The van der Waals surface area contributed by atoms with Gasteiger partial charge < -0.3 is 50.9 Å². The number of phosphoric acid groups is 3. The molecule has 380 valence electrons. The number of imidazole rings is 1. The quantitative estimate of drug-likeness (QED) is 0.0270. The molecule has 0 bridgehead atoms. The number of fused-ring (bicyclic) bond motifs is 1. The highest BCUT2D eigenvalue weighted by Crippen LogP contribution is 2.61. The molecule has 0 radical (unpaired) electrons. The molecule has 0 aromatic carbocycles. The molecular formula is C39H66N7O17P3S. The van der Waals surface area contributed by atoms with Crippen LogP contribution in [0.4, 0.5) is 5.82 Å². The number of rotatable bonds is 33. The number of amides is 2. The average molecular weight is 1030 g/mol. The summed E-state index contributed by atoms with van der Waals surface area (Å²) in [5.74, 6) is -1.04. The Balaban J connectivity index is 1.31. The number of aliphatic hydroxyl groups is 2. The van der Waals surface area contributed by atoms with E-state index in [9.17, 15) is 57.9 Å². The summed E-state index contributed by atoms with van der Waals surface area (Å²) >= 11 is 1.14. The SMILES string of the molecule is CCCCC/C=C\C/C=C\CCCCCCCC(=O)SCCNC(=O)CCNC(=O)[C@H](O)C(C)(C)COP(=O)(O)OP(=O)(O)OC[C@H]1O[C@@H](n2cnc3c(N)ncnc32)[C@H](O)[C@@H]1OP(=O)(O)O. The van der Waals surface area contributed by atoms with E-state index in [1.807, 2.05) is 0 Å². The molecule has 1 saturated heterocycles. The maximum absolute atomic E-state index is 12.7. The number of phosphoric ester groups is 3. The maximum atomic E-state index is 12.7. The highest BCUT2D eigenvalue weighted by molar-refractivity contribution is 8.13. The second-order valence-electron chi connectivity index (χ2n) is 16.3. The molecule has 1 fully saturated rings. The van der Waals surface area contributed by atoms with E-state index in [4.69, 9.17) is 19.5 Å². The number of nitrogens with zero attached hydrogens (tertiary/aromatic N) is 4. The predicted molar refractivity (Wildman–Crippen MR) is 246 cm³/mol. The van der Waals surface area contributed by atoms with Gasteiger partial charge in [-0.1, -0.05) is 88.9 Å². The Labute approximate surface area is 393 Å². The van der Waals surface area contributed by atoms with Gasteiger partial charge in [0.2, 0.25) is 11.8 Å². The molecule has 2 unspecified atom stereocenters. The van der Waals surface area contributed by atoms with Crippen LogP contribution < -0.4 is 16.4 Å². The molecule has 2 amide bonds. The van der Waals surface area contributed by atoms with Gasteiger partial charge in [-0.25, -0.2) is 28.6 Å². The molecular weight excluding hydrogens is 963 g/mol. The number of carbonyl (C=O) groups excluding carboxylic acids is 3. The Morgan fingerprint density at radius 2 is 1.57 bits per heavy atom. The third kappa shape index (κ3) is 21.7. The van der Waals surface area contributed by atoms with Gasteiger partial charge in [0.25, 0.3) is 0 Å². The van der Waals surface area contributed by atoms with Gasteiger partial charge in [-0.15, -0.1) is 0 Å². The number of carbonyl (C=O) groups is 3. The molecule has 2 aromatic heterocycles. The molecule has 28 heteroatoms. The van der Waals surface area contributed by atoms with Crippen molar-refractivity contribution >= 4 is 69.1 Å². The molecule has 1 aliphatic heterocycles. The fourth-order valence-electron chi connectivity index (χ4n) is 6.45. The van der Waals surface area contributed by atoms with Crippen LogP contribution in [0.5, 0.6) is 0 Å². The van der Waals surface area contributed by atoms with Crippen molar-refractivity contribution in [1.82, 2.24) is 30.2 Å². The smallest absolute Gasteiger partial charge is 0.386 e. The second-order valence-corrected chi connectivity index (χ2v) is 21.7. The minimum absolute atomic E-state index is 0.0323. The Morgan fingerprint density at radius 1 is 0.910 bits per heavy atom. The molecule has 3 rings (SSSR count).